The number of nitrogens with one attached hydrogen (secondary N) is 1. The lowest BCUT2D eigenvalue weighted by Gasteiger charge is -2.23. The van der Waals surface area contributed by atoms with E-state index in [1.54, 1.807) is 24.3 Å². The van der Waals surface area contributed by atoms with Gasteiger partial charge in [-0.3, -0.25) is 9.10 Å². The molecule has 3 aromatic rings. The highest BCUT2D eigenvalue weighted by molar-refractivity contribution is 7.92. The molecule has 1 unspecified atom stereocenters. The van der Waals surface area contributed by atoms with Crippen molar-refractivity contribution in [2.24, 2.45) is 0 Å². The van der Waals surface area contributed by atoms with Crippen molar-refractivity contribution in [2.75, 3.05) is 10.6 Å². The summed E-state index contributed by atoms with van der Waals surface area (Å²) in [6.45, 7) is 8.68. The van der Waals surface area contributed by atoms with Gasteiger partial charge >= 0.3 is 0 Å². The van der Waals surface area contributed by atoms with Gasteiger partial charge < -0.3 is 5.32 Å². The molecule has 0 fully saturated rings. The third-order valence-electron chi connectivity index (χ3n) is 5.61. The first-order chi connectivity index (χ1) is 15.4. The molecule has 174 valence electrons. The van der Waals surface area contributed by atoms with Gasteiger partial charge in [0.05, 0.1) is 24.5 Å². The van der Waals surface area contributed by atoms with Crippen molar-refractivity contribution in [2.45, 2.75) is 45.7 Å². The molecule has 0 saturated heterocycles. The number of nitrogens with zero attached hydrogens (tertiary/aromatic N) is 1. The van der Waals surface area contributed by atoms with Gasteiger partial charge in [-0.2, -0.15) is 0 Å². The summed E-state index contributed by atoms with van der Waals surface area (Å²) in [5, 5.41) is 3.02. The van der Waals surface area contributed by atoms with Crippen LogP contribution in [0.4, 0.5) is 5.69 Å². The summed E-state index contributed by atoms with van der Waals surface area (Å²) in [6.07, 6.45) is 1.18. The van der Waals surface area contributed by atoms with Gasteiger partial charge in [0.2, 0.25) is 10.0 Å². The molecule has 0 bridgehead atoms. The van der Waals surface area contributed by atoms with Crippen LogP contribution in [0.3, 0.4) is 0 Å². The Kier molecular flexibility index (Phi) is 7.28. The highest BCUT2D eigenvalue weighted by Gasteiger charge is 2.19. The summed E-state index contributed by atoms with van der Waals surface area (Å²) < 4.78 is 26.1. The normalized spacial score (nSPS) is 12.8. The molecular formula is C27H32N2O3S. The fourth-order valence-electron chi connectivity index (χ4n) is 3.56. The number of carbonyl (C=O) groups excluding carboxylic acids is 1. The van der Waals surface area contributed by atoms with Gasteiger partial charge in [0, 0.05) is 5.56 Å². The minimum Gasteiger partial charge on any atom is -0.346 e. The van der Waals surface area contributed by atoms with Crippen LogP contribution in [0.2, 0.25) is 0 Å². The van der Waals surface area contributed by atoms with Crippen molar-refractivity contribution in [1.82, 2.24) is 5.32 Å². The molecule has 0 aliphatic rings. The topological polar surface area (TPSA) is 66.5 Å². The Balaban J connectivity index is 1.72. The molecule has 0 aliphatic heterocycles. The van der Waals surface area contributed by atoms with Crippen LogP contribution in [0.1, 0.15) is 60.8 Å². The van der Waals surface area contributed by atoms with Crippen LogP contribution in [0.15, 0.2) is 78.9 Å². The monoisotopic (exact) mass is 464 g/mol. The van der Waals surface area contributed by atoms with E-state index in [4.69, 9.17) is 0 Å². The Morgan fingerprint density at radius 3 is 2.00 bits per heavy atom. The lowest BCUT2D eigenvalue weighted by atomic mass is 9.86. The molecule has 6 heteroatoms. The largest absolute Gasteiger partial charge is 0.346 e. The Bertz CT molecular complexity index is 1180. The van der Waals surface area contributed by atoms with Gasteiger partial charge in [-0.1, -0.05) is 75.4 Å². The molecule has 33 heavy (non-hydrogen) atoms. The molecule has 1 amide bonds. The van der Waals surface area contributed by atoms with E-state index < -0.39 is 10.0 Å². The molecule has 3 aromatic carbocycles. The second-order valence-electron chi connectivity index (χ2n) is 9.37. The maximum Gasteiger partial charge on any atom is 0.251 e. The van der Waals surface area contributed by atoms with E-state index in [9.17, 15) is 13.2 Å². The molecule has 0 radical (unpaired) electrons. The number of rotatable bonds is 7. The van der Waals surface area contributed by atoms with Crippen molar-refractivity contribution in [1.29, 1.82) is 0 Å². The highest BCUT2D eigenvalue weighted by Crippen LogP contribution is 2.25. The van der Waals surface area contributed by atoms with Crippen LogP contribution in [0.25, 0.3) is 0 Å². The van der Waals surface area contributed by atoms with Crippen molar-refractivity contribution in [3.63, 3.8) is 0 Å². The van der Waals surface area contributed by atoms with Gasteiger partial charge in [-0.25, -0.2) is 8.42 Å². The Morgan fingerprint density at radius 2 is 1.48 bits per heavy atom. The van der Waals surface area contributed by atoms with Crippen LogP contribution < -0.4 is 9.62 Å². The van der Waals surface area contributed by atoms with Gasteiger partial charge in [0.1, 0.15) is 0 Å². The molecule has 3 rings (SSSR count). The molecule has 0 aromatic heterocycles. The lowest BCUT2D eigenvalue weighted by molar-refractivity contribution is 0.0940. The van der Waals surface area contributed by atoms with E-state index in [1.807, 2.05) is 49.4 Å². The summed E-state index contributed by atoms with van der Waals surface area (Å²) in [4.78, 5) is 12.8. The number of amides is 1. The average molecular weight is 465 g/mol. The first kappa shape index (κ1) is 24.5. The molecular weight excluding hydrogens is 432 g/mol. The van der Waals surface area contributed by atoms with Crippen molar-refractivity contribution < 1.29 is 13.2 Å². The quantitative estimate of drug-likeness (QED) is 0.506. The number of hydrogen-bond donors (Lipinski definition) is 1. The van der Waals surface area contributed by atoms with E-state index >= 15 is 0 Å². The first-order valence-electron chi connectivity index (χ1n) is 11.0. The van der Waals surface area contributed by atoms with E-state index in [2.05, 4.69) is 38.2 Å². The second-order valence-corrected chi connectivity index (χ2v) is 11.3. The SMILES string of the molecule is CC(NC(=O)c1ccc(N(Cc2ccccc2)S(C)(=O)=O)cc1)c1ccc(C(C)(C)C)cc1. The third-order valence-corrected chi connectivity index (χ3v) is 6.75. The zero-order chi connectivity index (χ0) is 24.2. The molecule has 0 saturated carbocycles. The number of anilines is 1. The fourth-order valence-corrected chi connectivity index (χ4v) is 4.45. The smallest absolute Gasteiger partial charge is 0.251 e. The molecule has 0 spiro atoms. The Labute approximate surface area is 197 Å². The Morgan fingerprint density at radius 1 is 0.909 bits per heavy atom. The van der Waals surface area contributed by atoms with Crippen LogP contribution in [0.5, 0.6) is 0 Å². The second kappa shape index (κ2) is 9.79. The highest BCUT2D eigenvalue weighted by atomic mass is 32.2. The minimum absolute atomic E-state index is 0.0765. The van der Waals surface area contributed by atoms with Gasteiger partial charge in [-0.15, -0.1) is 0 Å². The van der Waals surface area contributed by atoms with E-state index in [-0.39, 0.29) is 23.9 Å². The zero-order valence-electron chi connectivity index (χ0n) is 19.9. The van der Waals surface area contributed by atoms with Crippen LogP contribution in [0, 0.1) is 0 Å². The van der Waals surface area contributed by atoms with E-state index in [0.717, 1.165) is 11.1 Å². The number of sulfonamides is 1. The molecule has 5 nitrogen and oxygen atoms in total. The first-order valence-corrected chi connectivity index (χ1v) is 12.8. The number of benzene rings is 3. The predicted molar refractivity (Wildman–Crippen MR) is 135 cm³/mol. The number of hydrogen-bond acceptors (Lipinski definition) is 3. The average Bonchev–Trinajstić information content (AvgIpc) is 2.77. The van der Waals surface area contributed by atoms with Gasteiger partial charge in [0.15, 0.2) is 0 Å². The van der Waals surface area contributed by atoms with Crippen molar-refractivity contribution in [3.05, 3.63) is 101 Å². The van der Waals surface area contributed by atoms with Crippen LogP contribution >= 0.6 is 0 Å². The minimum atomic E-state index is -3.49. The molecule has 1 atom stereocenters. The molecule has 0 heterocycles. The van der Waals surface area contributed by atoms with E-state index in [0.29, 0.717) is 11.3 Å². The molecule has 1 N–H and O–H groups in total. The van der Waals surface area contributed by atoms with E-state index in [1.165, 1.54) is 16.1 Å². The van der Waals surface area contributed by atoms with Gasteiger partial charge in [0.25, 0.3) is 5.91 Å². The lowest BCUT2D eigenvalue weighted by Crippen LogP contribution is -2.29. The zero-order valence-corrected chi connectivity index (χ0v) is 20.7. The standard InChI is InChI=1S/C27H32N2O3S/c1-20(22-11-15-24(16-12-22)27(2,3)4)28-26(30)23-13-17-25(18-14-23)29(33(5,31)32)19-21-9-7-6-8-10-21/h6-18,20H,19H2,1-5H3,(H,28,30). The summed E-state index contributed by atoms with van der Waals surface area (Å²) >= 11 is 0. The maximum absolute atomic E-state index is 12.8. The van der Waals surface area contributed by atoms with Crippen molar-refractivity contribution in [3.8, 4) is 0 Å². The third kappa shape index (κ3) is 6.45. The maximum atomic E-state index is 12.8. The summed E-state index contributed by atoms with van der Waals surface area (Å²) in [7, 11) is -3.49. The van der Waals surface area contributed by atoms with Crippen molar-refractivity contribution >= 4 is 21.6 Å². The predicted octanol–water partition coefficient (Wildman–Crippen LogP) is 5.44. The number of carbonyl (C=O) groups is 1. The summed E-state index contributed by atoms with van der Waals surface area (Å²) in [5.41, 5.74) is 4.22. The van der Waals surface area contributed by atoms with Crippen LogP contribution in [-0.2, 0) is 22.0 Å². The summed E-state index contributed by atoms with van der Waals surface area (Å²) in [5.74, 6) is -0.206. The van der Waals surface area contributed by atoms with Crippen LogP contribution in [-0.4, -0.2) is 20.6 Å². The summed E-state index contributed by atoms with van der Waals surface area (Å²) in [6, 6.07) is 24.2. The van der Waals surface area contributed by atoms with Gasteiger partial charge in [-0.05, 0) is 53.3 Å². The fraction of sp³-hybridized carbons (Fsp3) is 0.296. The molecule has 0 aliphatic carbocycles. The Hall–Kier alpha value is -3.12.